The maximum atomic E-state index is 12.8. The van der Waals surface area contributed by atoms with E-state index in [1.165, 1.54) is 18.2 Å². The highest BCUT2D eigenvalue weighted by atomic mass is 32.2. The SMILES string of the molecule is Nc1ccc(F)cc1SCCOC(F)(F)F. The van der Waals surface area contributed by atoms with Crippen molar-refractivity contribution in [2.24, 2.45) is 0 Å². The molecule has 0 atom stereocenters. The molecule has 0 aliphatic carbocycles. The van der Waals surface area contributed by atoms with Crippen LogP contribution in [0.1, 0.15) is 0 Å². The molecule has 0 aliphatic heterocycles. The number of ether oxygens (including phenoxy) is 1. The second-order valence-electron chi connectivity index (χ2n) is 2.82. The molecule has 0 spiro atoms. The molecule has 0 aromatic heterocycles. The molecule has 0 bridgehead atoms. The predicted molar refractivity (Wildman–Crippen MR) is 53.5 cm³/mol. The number of halogens is 4. The maximum Gasteiger partial charge on any atom is 0.522 e. The zero-order valence-electron chi connectivity index (χ0n) is 8.05. The van der Waals surface area contributed by atoms with E-state index in [9.17, 15) is 17.6 Å². The molecule has 0 saturated heterocycles. The van der Waals surface area contributed by atoms with Crippen LogP contribution in [0, 0.1) is 5.82 Å². The van der Waals surface area contributed by atoms with Crippen LogP contribution in [0.25, 0.3) is 0 Å². The summed E-state index contributed by atoms with van der Waals surface area (Å²) < 4.78 is 51.2. The van der Waals surface area contributed by atoms with Gasteiger partial charge in [0.15, 0.2) is 0 Å². The minimum atomic E-state index is -4.63. The van der Waals surface area contributed by atoms with Crippen molar-refractivity contribution < 1.29 is 22.3 Å². The zero-order chi connectivity index (χ0) is 12.2. The van der Waals surface area contributed by atoms with Crippen LogP contribution < -0.4 is 5.73 Å². The van der Waals surface area contributed by atoms with Crippen LogP contribution in [-0.2, 0) is 4.74 Å². The van der Waals surface area contributed by atoms with Crippen molar-refractivity contribution in [1.29, 1.82) is 0 Å². The standard InChI is InChI=1S/C9H9F4NOS/c10-6-1-2-7(14)8(5-6)16-4-3-15-9(11,12)13/h1-2,5H,3-4,14H2. The molecule has 16 heavy (non-hydrogen) atoms. The minimum Gasteiger partial charge on any atom is -0.398 e. The van der Waals surface area contributed by atoms with E-state index >= 15 is 0 Å². The fourth-order valence-electron chi connectivity index (χ4n) is 0.942. The Labute approximate surface area is 93.8 Å². The van der Waals surface area contributed by atoms with Crippen LogP contribution in [0.3, 0.4) is 0 Å². The van der Waals surface area contributed by atoms with Gasteiger partial charge in [0.2, 0.25) is 0 Å². The Hall–Kier alpha value is -0.950. The Kier molecular flexibility index (Phi) is 4.43. The van der Waals surface area contributed by atoms with E-state index in [0.717, 1.165) is 11.8 Å². The van der Waals surface area contributed by atoms with Gasteiger partial charge in [-0.1, -0.05) is 0 Å². The van der Waals surface area contributed by atoms with Gasteiger partial charge in [0, 0.05) is 16.3 Å². The van der Waals surface area contributed by atoms with Gasteiger partial charge in [0.05, 0.1) is 6.61 Å². The van der Waals surface area contributed by atoms with Crippen LogP contribution in [0.4, 0.5) is 23.2 Å². The number of rotatable bonds is 4. The first-order valence-corrected chi connectivity index (χ1v) is 5.25. The van der Waals surface area contributed by atoms with E-state index < -0.39 is 18.8 Å². The Balaban J connectivity index is 2.40. The summed E-state index contributed by atoms with van der Waals surface area (Å²) in [5.41, 5.74) is 5.84. The van der Waals surface area contributed by atoms with Gasteiger partial charge in [-0.2, -0.15) is 0 Å². The van der Waals surface area contributed by atoms with Gasteiger partial charge in [-0.25, -0.2) is 4.39 Å². The third-order valence-electron chi connectivity index (χ3n) is 1.58. The van der Waals surface area contributed by atoms with E-state index in [4.69, 9.17) is 5.73 Å². The van der Waals surface area contributed by atoms with E-state index in [0.29, 0.717) is 10.6 Å². The number of nitrogens with two attached hydrogens (primary N) is 1. The van der Waals surface area contributed by atoms with Gasteiger partial charge < -0.3 is 5.73 Å². The lowest BCUT2D eigenvalue weighted by molar-refractivity contribution is -0.322. The number of alkyl halides is 3. The van der Waals surface area contributed by atoms with E-state index in [1.807, 2.05) is 0 Å². The summed E-state index contributed by atoms with van der Waals surface area (Å²) in [5.74, 6) is -0.430. The van der Waals surface area contributed by atoms with Crippen molar-refractivity contribution in [3.05, 3.63) is 24.0 Å². The Morgan fingerprint density at radius 2 is 2.00 bits per heavy atom. The van der Waals surface area contributed by atoms with E-state index in [2.05, 4.69) is 4.74 Å². The molecule has 0 amide bonds. The minimum absolute atomic E-state index is 0.0488. The molecule has 0 heterocycles. The monoisotopic (exact) mass is 255 g/mol. The Bertz CT molecular complexity index is 356. The van der Waals surface area contributed by atoms with Gasteiger partial charge in [0.1, 0.15) is 5.82 Å². The first-order valence-electron chi connectivity index (χ1n) is 4.27. The Morgan fingerprint density at radius 3 is 2.62 bits per heavy atom. The summed E-state index contributed by atoms with van der Waals surface area (Å²) >= 11 is 1.01. The molecule has 0 unspecified atom stereocenters. The number of thioether (sulfide) groups is 1. The number of benzene rings is 1. The highest BCUT2D eigenvalue weighted by Gasteiger charge is 2.28. The van der Waals surface area contributed by atoms with Crippen LogP contribution >= 0.6 is 11.8 Å². The molecular formula is C9H9F4NOS. The van der Waals surface area contributed by atoms with E-state index in [1.54, 1.807) is 0 Å². The van der Waals surface area contributed by atoms with Gasteiger partial charge in [0.25, 0.3) is 0 Å². The maximum absolute atomic E-state index is 12.8. The van der Waals surface area contributed by atoms with Crippen molar-refractivity contribution in [3.8, 4) is 0 Å². The van der Waals surface area contributed by atoms with Crippen molar-refractivity contribution in [2.45, 2.75) is 11.3 Å². The van der Waals surface area contributed by atoms with Gasteiger partial charge >= 0.3 is 6.36 Å². The third kappa shape index (κ3) is 4.71. The highest BCUT2D eigenvalue weighted by Crippen LogP contribution is 2.26. The summed E-state index contributed by atoms with van der Waals surface area (Å²) in [6.45, 7) is -0.496. The van der Waals surface area contributed by atoms with Gasteiger partial charge in [-0.05, 0) is 18.2 Å². The molecule has 0 fully saturated rings. The van der Waals surface area contributed by atoms with Crippen LogP contribution in [-0.4, -0.2) is 18.7 Å². The molecule has 1 aromatic rings. The fourth-order valence-corrected chi connectivity index (χ4v) is 1.76. The number of nitrogen functional groups attached to an aromatic ring is 1. The molecular weight excluding hydrogens is 246 g/mol. The van der Waals surface area contributed by atoms with E-state index in [-0.39, 0.29) is 5.75 Å². The number of hydrogen-bond acceptors (Lipinski definition) is 3. The molecule has 1 rings (SSSR count). The summed E-state index contributed by atoms with van der Waals surface area (Å²) in [6.07, 6.45) is -4.63. The molecule has 0 radical (unpaired) electrons. The molecule has 0 saturated carbocycles. The van der Waals surface area contributed by atoms with Gasteiger partial charge in [-0.15, -0.1) is 24.9 Å². The van der Waals surface area contributed by atoms with Gasteiger partial charge in [-0.3, -0.25) is 4.74 Å². The zero-order valence-corrected chi connectivity index (χ0v) is 8.87. The first kappa shape index (κ1) is 13.1. The van der Waals surface area contributed by atoms with Crippen molar-refractivity contribution in [2.75, 3.05) is 18.1 Å². The summed E-state index contributed by atoms with van der Waals surface area (Å²) in [7, 11) is 0. The summed E-state index contributed by atoms with van der Waals surface area (Å²) in [5, 5.41) is 0. The average molecular weight is 255 g/mol. The lowest BCUT2D eigenvalue weighted by atomic mass is 10.3. The fraction of sp³-hybridized carbons (Fsp3) is 0.333. The van der Waals surface area contributed by atoms with Crippen LogP contribution in [0.2, 0.25) is 0 Å². The largest absolute Gasteiger partial charge is 0.522 e. The molecule has 1 aromatic carbocycles. The van der Waals surface area contributed by atoms with Crippen molar-refractivity contribution in [3.63, 3.8) is 0 Å². The van der Waals surface area contributed by atoms with Crippen molar-refractivity contribution >= 4 is 17.4 Å². The summed E-state index contributed by atoms with van der Waals surface area (Å²) in [6, 6.07) is 3.72. The lowest BCUT2D eigenvalue weighted by Gasteiger charge is -2.08. The molecule has 2 nitrogen and oxygen atoms in total. The quantitative estimate of drug-likeness (QED) is 0.389. The second-order valence-corrected chi connectivity index (χ2v) is 3.96. The molecule has 2 N–H and O–H groups in total. The first-order chi connectivity index (χ1) is 7.38. The third-order valence-corrected chi connectivity index (χ3v) is 2.62. The molecule has 7 heteroatoms. The van der Waals surface area contributed by atoms with Crippen molar-refractivity contribution in [1.82, 2.24) is 0 Å². The topological polar surface area (TPSA) is 35.2 Å². The normalized spacial score (nSPS) is 11.8. The smallest absolute Gasteiger partial charge is 0.398 e. The second kappa shape index (κ2) is 5.40. The lowest BCUT2D eigenvalue weighted by Crippen LogP contribution is -2.15. The molecule has 90 valence electrons. The van der Waals surface area contributed by atoms with Crippen LogP contribution in [0.5, 0.6) is 0 Å². The number of anilines is 1. The number of hydrogen-bond donors (Lipinski definition) is 1. The molecule has 0 aliphatic rings. The predicted octanol–water partition coefficient (Wildman–Crippen LogP) is 3.04. The average Bonchev–Trinajstić information content (AvgIpc) is 2.16. The Morgan fingerprint density at radius 1 is 1.31 bits per heavy atom. The summed E-state index contributed by atoms with van der Waals surface area (Å²) in [4.78, 5) is 0.408. The highest BCUT2D eigenvalue weighted by molar-refractivity contribution is 7.99. The van der Waals surface area contributed by atoms with Crippen LogP contribution in [0.15, 0.2) is 23.1 Å².